The summed E-state index contributed by atoms with van der Waals surface area (Å²) in [6, 6.07) is 13.2. The first-order valence-corrected chi connectivity index (χ1v) is 11.2. The van der Waals surface area contributed by atoms with Gasteiger partial charge in [0.15, 0.2) is 20.5 Å². The summed E-state index contributed by atoms with van der Waals surface area (Å²) >= 11 is 0. The first-order valence-electron chi connectivity index (χ1n) is 9.33. The third-order valence-electron chi connectivity index (χ3n) is 4.79. The lowest BCUT2D eigenvalue weighted by molar-refractivity contribution is -0.699. The van der Waals surface area contributed by atoms with Crippen LogP contribution in [0.1, 0.15) is 17.2 Å². The number of anilines is 2. The number of nitrogens with one attached hydrogen (secondary N) is 1. The fourth-order valence-electron chi connectivity index (χ4n) is 3.35. The monoisotopic (exact) mass is 442 g/mol. The van der Waals surface area contributed by atoms with Crippen molar-refractivity contribution in [2.75, 3.05) is 18.2 Å². The van der Waals surface area contributed by atoms with E-state index in [0.29, 0.717) is 11.3 Å². The molecule has 1 atom stereocenters. The quantitative estimate of drug-likeness (QED) is 0.463. The van der Waals surface area contributed by atoms with Crippen LogP contribution in [0, 0.1) is 11.8 Å². The van der Waals surface area contributed by atoms with Crippen molar-refractivity contribution in [1.29, 1.82) is 0 Å². The minimum atomic E-state index is -3.33. The van der Waals surface area contributed by atoms with Crippen molar-refractivity contribution in [2.24, 2.45) is 0 Å². The molecule has 11 heteroatoms. The van der Waals surface area contributed by atoms with E-state index in [2.05, 4.69) is 15.3 Å². The number of aliphatic hydroxyl groups is 1. The van der Waals surface area contributed by atoms with E-state index in [4.69, 9.17) is 4.63 Å². The molecule has 0 aliphatic heterocycles. The van der Waals surface area contributed by atoms with Gasteiger partial charge in [0, 0.05) is 17.5 Å². The highest BCUT2D eigenvalue weighted by Crippen LogP contribution is 2.24. The van der Waals surface area contributed by atoms with E-state index in [9.17, 15) is 18.4 Å². The average molecular weight is 442 g/mol. The van der Waals surface area contributed by atoms with Gasteiger partial charge in [-0.1, -0.05) is 35.0 Å². The number of aryl methyl sites for hydroxylation is 1. The Morgan fingerprint density at radius 3 is 2.61 bits per heavy atom. The van der Waals surface area contributed by atoms with Gasteiger partial charge in [0.1, 0.15) is 0 Å². The minimum absolute atomic E-state index is 0.100. The van der Waals surface area contributed by atoms with Gasteiger partial charge in [-0.2, -0.15) is 4.98 Å². The molecule has 2 N–H and O–H groups in total. The van der Waals surface area contributed by atoms with Crippen LogP contribution >= 0.6 is 0 Å². The third kappa shape index (κ3) is 4.05. The van der Waals surface area contributed by atoms with E-state index in [1.165, 1.54) is 17.0 Å². The second-order valence-electron chi connectivity index (χ2n) is 7.05. The summed E-state index contributed by atoms with van der Waals surface area (Å²) in [6.45, 7) is 1.39. The molecule has 31 heavy (non-hydrogen) atoms. The fraction of sp³-hybridized carbons (Fsp3) is 0.200. The zero-order chi connectivity index (χ0) is 22.2. The number of benzene rings is 2. The van der Waals surface area contributed by atoms with Crippen molar-refractivity contribution >= 4 is 32.6 Å². The highest BCUT2D eigenvalue weighted by Gasteiger charge is 2.29. The molecule has 2 aromatic carbocycles. The molecule has 0 saturated carbocycles. The van der Waals surface area contributed by atoms with Crippen LogP contribution < -0.4 is 9.92 Å². The second-order valence-corrected chi connectivity index (χ2v) is 9.04. The Hall–Kier alpha value is -3.57. The normalized spacial score (nSPS) is 12.7. The van der Waals surface area contributed by atoms with Gasteiger partial charge in [0.05, 0.1) is 17.7 Å². The molecule has 160 valence electrons. The van der Waals surface area contributed by atoms with Crippen LogP contribution in [-0.4, -0.2) is 41.1 Å². The SMILES string of the molecule is Cc1cc(Nc2ncc3c(n2)n([C@H](CO)c2ccccc2)o[n+]3=O)ccc1S(C)(=O)=O. The predicted molar refractivity (Wildman–Crippen MR) is 112 cm³/mol. The highest BCUT2D eigenvalue weighted by atomic mass is 32.2. The van der Waals surface area contributed by atoms with E-state index in [1.807, 2.05) is 30.3 Å². The van der Waals surface area contributed by atoms with E-state index < -0.39 is 15.9 Å². The average Bonchev–Trinajstić information content (AvgIpc) is 3.04. The van der Waals surface area contributed by atoms with Gasteiger partial charge in [-0.3, -0.25) is 0 Å². The summed E-state index contributed by atoms with van der Waals surface area (Å²) in [5.74, 6) is 0.180. The Morgan fingerprint density at radius 1 is 1.23 bits per heavy atom. The molecule has 0 amide bonds. The molecule has 2 heterocycles. The van der Waals surface area contributed by atoms with Gasteiger partial charge in [0.25, 0.3) is 0 Å². The third-order valence-corrected chi connectivity index (χ3v) is 6.05. The summed E-state index contributed by atoms with van der Waals surface area (Å²) in [6.07, 6.45) is 2.47. The lowest BCUT2D eigenvalue weighted by Crippen LogP contribution is -2.16. The van der Waals surface area contributed by atoms with Crippen LogP contribution in [0.5, 0.6) is 0 Å². The topological polar surface area (TPSA) is 133 Å². The smallest absolute Gasteiger partial charge is 0.320 e. The van der Waals surface area contributed by atoms with Crippen molar-refractivity contribution in [2.45, 2.75) is 17.9 Å². The molecular formula is C20H20N5O5S+. The lowest BCUT2D eigenvalue weighted by atomic mass is 10.1. The van der Waals surface area contributed by atoms with Crippen molar-refractivity contribution in [3.8, 4) is 0 Å². The maximum atomic E-state index is 12.2. The van der Waals surface area contributed by atoms with Crippen molar-refractivity contribution < 1.29 is 22.8 Å². The maximum Gasteiger partial charge on any atom is 0.320 e. The summed E-state index contributed by atoms with van der Waals surface area (Å²) < 4.78 is 30.4. The molecule has 0 unspecified atom stereocenters. The van der Waals surface area contributed by atoms with Gasteiger partial charge in [0.2, 0.25) is 5.95 Å². The Bertz CT molecular complexity index is 1410. The number of aromatic nitrogens is 4. The molecule has 0 radical (unpaired) electrons. The number of hydrogen-bond acceptors (Lipinski definition) is 8. The summed E-state index contributed by atoms with van der Waals surface area (Å²) in [4.78, 5) is 20.9. The van der Waals surface area contributed by atoms with Crippen LogP contribution in [0.15, 0.2) is 64.3 Å². The van der Waals surface area contributed by atoms with Gasteiger partial charge in [-0.05, 0) is 40.3 Å². The van der Waals surface area contributed by atoms with E-state index >= 15 is 0 Å². The Labute approximate surface area is 177 Å². The largest absolute Gasteiger partial charge is 0.391 e. The zero-order valence-corrected chi connectivity index (χ0v) is 17.6. The van der Waals surface area contributed by atoms with Gasteiger partial charge in [-0.15, -0.1) is 0 Å². The van der Waals surface area contributed by atoms with Gasteiger partial charge >= 0.3 is 11.2 Å². The van der Waals surface area contributed by atoms with E-state index in [-0.39, 0.29) is 33.2 Å². The van der Waals surface area contributed by atoms with E-state index in [1.54, 1.807) is 19.1 Å². The molecule has 2 aromatic heterocycles. The summed E-state index contributed by atoms with van der Waals surface area (Å²) in [7, 11) is -3.33. The number of aliphatic hydroxyl groups excluding tert-OH is 1. The molecule has 0 fully saturated rings. The zero-order valence-electron chi connectivity index (χ0n) is 16.8. The molecule has 4 aromatic rings. The van der Waals surface area contributed by atoms with Crippen LogP contribution in [0.2, 0.25) is 0 Å². The summed E-state index contributed by atoms with van der Waals surface area (Å²) in [5.41, 5.74) is 2.19. The Kier molecular flexibility index (Phi) is 5.29. The van der Waals surface area contributed by atoms with Crippen LogP contribution in [0.4, 0.5) is 11.6 Å². The van der Waals surface area contributed by atoms with Gasteiger partial charge in [-0.25, -0.2) is 13.4 Å². The van der Waals surface area contributed by atoms with Crippen LogP contribution in [0.3, 0.4) is 0 Å². The minimum Gasteiger partial charge on any atom is -0.391 e. The molecule has 0 aliphatic carbocycles. The van der Waals surface area contributed by atoms with Gasteiger partial charge < -0.3 is 10.4 Å². The Balaban J connectivity index is 1.74. The molecule has 0 saturated heterocycles. The van der Waals surface area contributed by atoms with Crippen molar-refractivity contribution in [1.82, 2.24) is 14.7 Å². The number of rotatable bonds is 6. The first-order chi connectivity index (χ1) is 14.8. The molecule has 0 bridgehead atoms. The molecule has 10 nitrogen and oxygen atoms in total. The lowest BCUT2D eigenvalue weighted by Gasteiger charge is -2.09. The standard InChI is InChI=1S/C20H20N5O5S/c1-13-10-15(8-9-18(13)31(2,28)29)22-20-21-11-16-19(23-20)24(30-25(16)27)17(12-26)14-6-4-3-5-7-14/h3-11,17,26H,12H2,1-2H3,(H,21,22,23)/q+1/t17-/m1/s1. The van der Waals surface area contributed by atoms with E-state index in [0.717, 1.165) is 11.8 Å². The number of sulfone groups is 1. The van der Waals surface area contributed by atoms with Crippen LogP contribution in [0.25, 0.3) is 11.2 Å². The number of nitrogens with zero attached hydrogens (tertiary/aromatic N) is 4. The number of fused-ring (bicyclic) bond motifs is 1. The van der Waals surface area contributed by atoms with Crippen molar-refractivity contribution in [3.63, 3.8) is 0 Å². The molecule has 0 spiro atoms. The predicted octanol–water partition coefficient (Wildman–Crippen LogP) is 1.98. The van der Waals surface area contributed by atoms with Crippen molar-refractivity contribution in [3.05, 3.63) is 70.8 Å². The molecule has 0 aliphatic rings. The maximum absolute atomic E-state index is 12.2. The Morgan fingerprint density at radius 2 is 1.97 bits per heavy atom. The fourth-order valence-corrected chi connectivity index (χ4v) is 4.31. The highest BCUT2D eigenvalue weighted by molar-refractivity contribution is 7.90. The second kappa shape index (κ2) is 7.93. The first kappa shape index (κ1) is 20.7. The molecular weight excluding hydrogens is 422 g/mol. The summed E-state index contributed by atoms with van der Waals surface area (Å²) in [5, 5.41) is 12.9. The van der Waals surface area contributed by atoms with Crippen LogP contribution in [-0.2, 0) is 9.84 Å². The number of hydrogen-bond donors (Lipinski definition) is 2. The molecule has 4 rings (SSSR count).